The summed E-state index contributed by atoms with van der Waals surface area (Å²) in [7, 11) is 1.59. The van der Waals surface area contributed by atoms with Crippen LogP contribution in [-0.2, 0) is 34.8 Å². The Morgan fingerprint density at radius 2 is 1.22 bits per heavy atom. The molecule has 0 saturated carbocycles. The van der Waals surface area contributed by atoms with E-state index in [-0.39, 0.29) is 16.8 Å². The van der Waals surface area contributed by atoms with E-state index in [1.54, 1.807) is 26.8 Å². The van der Waals surface area contributed by atoms with Gasteiger partial charge in [0.05, 0.1) is 17.5 Å². The summed E-state index contributed by atoms with van der Waals surface area (Å²) in [6.45, 7) is 12.8. The van der Waals surface area contributed by atoms with Crippen molar-refractivity contribution < 1.29 is 55.8 Å². The maximum atomic E-state index is 9.45. The van der Waals surface area contributed by atoms with Crippen LogP contribution in [-0.4, -0.2) is 77.8 Å². The Morgan fingerprint density at radius 1 is 0.972 bits per heavy atom. The van der Waals surface area contributed by atoms with Crippen LogP contribution in [0.25, 0.3) is 5.41 Å². The van der Waals surface area contributed by atoms with Gasteiger partial charge in [-0.15, -0.1) is 10.2 Å². The van der Waals surface area contributed by atoms with E-state index in [1.807, 2.05) is 0 Å². The van der Waals surface area contributed by atoms with E-state index in [9.17, 15) is 5.26 Å². The minimum Gasteiger partial charge on any atom is -0.753 e. The van der Waals surface area contributed by atoms with Crippen LogP contribution in [0.1, 0.15) is 39.1 Å². The van der Waals surface area contributed by atoms with Gasteiger partial charge in [0.15, 0.2) is 0 Å². The topological polar surface area (TPSA) is 193 Å². The van der Waals surface area contributed by atoms with E-state index >= 15 is 0 Å². The molecular weight excluding hydrogens is 559 g/mol. The SMILES string of the molecule is CC#N.CC(C)(C)O[O-].CN1CCN(C)Cc2cccc(n2)CN(C)CC1.[Co+3].[N-]=C=S.[O-][Cl+3]([O-])([O-])[O-]. The minimum atomic E-state index is -4.94. The molecule has 0 aromatic carbocycles. The average Bonchev–Trinajstić information content (AvgIpc) is 2.70. The van der Waals surface area contributed by atoms with Crippen LogP contribution in [0.5, 0.6) is 0 Å². The number of rotatable bonds is 0. The number of pyridine rings is 1. The van der Waals surface area contributed by atoms with E-state index in [4.69, 9.17) is 34.3 Å². The number of aromatic nitrogens is 1. The van der Waals surface area contributed by atoms with Gasteiger partial charge in [-0.05, 0) is 54.0 Å². The monoisotopic (exact) mass is 594 g/mol. The molecule has 0 saturated heterocycles. The largest absolute Gasteiger partial charge is 3.00 e. The summed E-state index contributed by atoms with van der Waals surface area (Å²) in [5.74, 6) is 0. The van der Waals surface area contributed by atoms with Crippen molar-refractivity contribution in [3.63, 3.8) is 0 Å². The molecule has 12 nitrogen and oxygen atoms in total. The van der Waals surface area contributed by atoms with Gasteiger partial charge in [0.1, 0.15) is 0 Å². The maximum absolute atomic E-state index is 9.45. The predicted octanol–water partition coefficient (Wildman–Crippen LogP) is -2.60. The van der Waals surface area contributed by atoms with Gasteiger partial charge >= 0.3 is 16.8 Å². The van der Waals surface area contributed by atoms with Crippen molar-refractivity contribution >= 4 is 17.4 Å². The summed E-state index contributed by atoms with van der Waals surface area (Å²) in [5, 5.41) is 25.2. The van der Waals surface area contributed by atoms with Crippen molar-refractivity contribution in [3.05, 3.63) is 35.0 Å². The molecule has 0 unspecified atom stereocenters. The van der Waals surface area contributed by atoms with Gasteiger partial charge < -0.3 is 20.5 Å². The molecule has 0 N–H and O–H groups in total. The van der Waals surface area contributed by atoms with Gasteiger partial charge in [0.25, 0.3) is 0 Å². The molecule has 2 rings (SSSR count). The molecule has 0 atom stereocenters. The number of halogens is 1. The Labute approximate surface area is 232 Å². The quantitative estimate of drug-likeness (QED) is 0.132. The first-order valence-electron chi connectivity index (χ1n) is 10.3. The molecule has 0 aliphatic carbocycles. The summed E-state index contributed by atoms with van der Waals surface area (Å²) >= 11 is 3.70. The number of likely N-dealkylation sites (N-methyl/N-ethyl adjacent to an activating group) is 3. The first-order valence-corrected chi connectivity index (χ1v) is 11.9. The molecule has 2 heterocycles. The zero-order valence-electron chi connectivity index (χ0n) is 21.7. The number of thiocarbonyl (C=S) groups is 1. The fraction of sp³-hybridized carbons (Fsp3) is 0.667. The van der Waals surface area contributed by atoms with Crippen LogP contribution in [0, 0.1) is 21.6 Å². The first kappa shape index (κ1) is 42.0. The van der Waals surface area contributed by atoms with Crippen LogP contribution >= 0.6 is 12.2 Å². The van der Waals surface area contributed by atoms with E-state index in [0.717, 1.165) is 39.3 Å². The summed E-state index contributed by atoms with van der Waals surface area (Å²) in [6.07, 6.45) is 0. The van der Waals surface area contributed by atoms with Crippen molar-refractivity contribution in [3.8, 4) is 6.07 Å². The molecular formula is C21H36ClCoN6O6S. The average molecular weight is 595 g/mol. The van der Waals surface area contributed by atoms with Crippen LogP contribution in [0.2, 0.25) is 0 Å². The Balaban J connectivity index is -0.000000236. The van der Waals surface area contributed by atoms with Crippen molar-refractivity contribution in [2.24, 2.45) is 0 Å². The molecule has 0 radical (unpaired) electrons. The maximum Gasteiger partial charge on any atom is 3.00 e. The van der Waals surface area contributed by atoms with Gasteiger partial charge in [0, 0.05) is 51.8 Å². The van der Waals surface area contributed by atoms with Crippen molar-refractivity contribution in [1.29, 1.82) is 5.26 Å². The van der Waals surface area contributed by atoms with Crippen molar-refractivity contribution in [2.45, 2.75) is 46.4 Å². The van der Waals surface area contributed by atoms with Crippen LogP contribution in [0.3, 0.4) is 0 Å². The van der Waals surface area contributed by atoms with Crippen LogP contribution in [0.4, 0.5) is 0 Å². The Morgan fingerprint density at radius 3 is 1.47 bits per heavy atom. The molecule has 208 valence electrons. The van der Waals surface area contributed by atoms with Crippen molar-refractivity contribution in [2.75, 3.05) is 47.3 Å². The Hall–Kier alpha value is -1.12. The molecule has 15 heteroatoms. The molecule has 1 aliphatic heterocycles. The molecule has 1 aliphatic rings. The minimum absolute atomic E-state index is 0. The van der Waals surface area contributed by atoms with Crippen LogP contribution in [0.15, 0.2) is 18.2 Å². The van der Waals surface area contributed by atoms with Crippen molar-refractivity contribution in [1.82, 2.24) is 19.7 Å². The molecule has 36 heavy (non-hydrogen) atoms. The van der Waals surface area contributed by atoms with Gasteiger partial charge in [-0.3, -0.25) is 14.8 Å². The fourth-order valence-corrected chi connectivity index (χ4v) is 2.21. The van der Waals surface area contributed by atoms with E-state index in [0.29, 0.717) is 0 Å². The summed E-state index contributed by atoms with van der Waals surface area (Å²) in [6, 6.07) is 8.11. The third-order valence-electron chi connectivity index (χ3n) is 3.71. The van der Waals surface area contributed by atoms with Gasteiger partial charge in [-0.1, -0.05) is 18.3 Å². The second-order valence-corrected chi connectivity index (χ2v) is 9.23. The Bertz CT molecular complexity index is 706. The number of isothiocyanates is 1. The second kappa shape index (κ2) is 24.2. The molecule has 2 bridgehead atoms. The molecule has 1 aromatic rings. The van der Waals surface area contributed by atoms with Crippen LogP contribution < -0.4 is 23.9 Å². The molecule has 0 fully saturated rings. The number of fused-ring (bicyclic) bond motifs is 2. The zero-order chi connectivity index (χ0) is 28.1. The smallest absolute Gasteiger partial charge is 0.753 e. The summed E-state index contributed by atoms with van der Waals surface area (Å²) in [4.78, 5) is 15.5. The van der Waals surface area contributed by atoms with E-state index in [1.165, 1.54) is 23.5 Å². The number of nitriles is 1. The van der Waals surface area contributed by atoms with Gasteiger partial charge in [-0.2, -0.15) is 10.4 Å². The second-order valence-electron chi connectivity index (χ2n) is 8.29. The fourth-order valence-electron chi connectivity index (χ4n) is 2.21. The zero-order valence-corrected chi connectivity index (χ0v) is 24.3. The first-order chi connectivity index (χ1) is 16.0. The Kier molecular flexibility index (Phi) is 28.3. The normalized spacial score (nSPS) is 14.8. The summed E-state index contributed by atoms with van der Waals surface area (Å²) in [5.41, 5.74) is 1.83. The predicted molar refractivity (Wildman–Crippen MR) is 122 cm³/mol. The van der Waals surface area contributed by atoms with Gasteiger partial charge in [0.2, 0.25) is 0 Å². The number of nitrogens with zero attached hydrogens (tertiary/aromatic N) is 6. The van der Waals surface area contributed by atoms with E-state index < -0.39 is 15.8 Å². The summed E-state index contributed by atoms with van der Waals surface area (Å²) < 4.78 is 34.0. The van der Waals surface area contributed by atoms with Gasteiger partial charge in [-0.25, -0.2) is 18.6 Å². The third-order valence-corrected chi connectivity index (χ3v) is 3.71. The molecule has 0 spiro atoms. The standard InChI is InChI=1S/C14H24N4.C4H10O2.C2H3N.CNS.ClHO4.Co/c1-16-7-9-17(2)11-13-5-4-6-14(15-13)12-18(3)10-8-16;1-4(2,3)6-5;1-2-3;2-1-3;2-1(3,4)5;/h4-6H,7-12H2,1-3H3;5H,1-3H3;1H3;;(H,2,3,4,5);/q;;;-1;;+3/p-2. The third kappa shape index (κ3) is 37.4. The number of hydrogen-bond donors (Lipinski definition) is 0. The van der Waals surface area contributed by atoms with E-state index in [2.05, 4.69) is 71.1 Å². The number of hydrogen-bond acceptors (Lipinski definition) is 12. The molecule has 0 amide bonds. The molecule has 1 aromatic heterocycles.